The van der Waals surface area contributed by atoms with Crippen LogP contribution in [0, 0.1) is 0 Å². The van der Waals surface area contributed by atoms with Crippen LogP contribution in [0.15, 0.2) is 48.5 Å². The molecule has 0 atom stereocenters. The van der Waals surface area contributed by atoms with Gasteiger partial charge in [-0.15, -0.1) is 0 Å². The van der Waals surface area contributed by atoms with Gasteiger partial charge in [-0.05, 0) is 55.3 Å². The summed E-state index contributed by atoms with van der Waals surface area (Å²) in [4.78, 5) is 12.1. The second-order valence-corrected chi connectivity index (χ2v) is 4.86. The topological polar surface area (TPSA) is 38.3 Å². The second kappa shape index (κ2) is 7.48. The Morgan fingerprint density at radius 1 is 1.00 bits per heavy atom. The smallest absolute Gasteiger partial charge is 0.255 e. The molecule has 1 N–H and O–H groups in total. The van der Waals surface area contributed by atoms with Crippen molar-refractivity contribution in [3.05, 3.63) is 59.7 Å². The zero-order valence-corrected chi connectivity index (χ0v) is 12.6. The molecule has 0 bridgehead atoms. The third-order valence-electron chi connectivity index (χ3n) is 3.18. The first kappa shape index (κ1) is 15.1. The van der Waals surface area contributed by atoms with Gasteiger partial charge in [0.25, 0.3) is 5.91 Å². The normalized spacial score (nSPS) is 10.2. The standard InChI is InChI=1S/C18H21NO2/c1-3-5-14-6-10-16(11-7-14)19-18(20)15-8-12-17(13-9-15)21-4-2/h6-13H,3-5H2,1-2H3,(H,19,20). The van der Waals surface area contributed by atoms with E-state index in [1.54, 1.807) is 12.1 Å². The Hall–Kier alpha value is -2.29. The minimum atomic E-state index is -0.110. The highest BCUT2D eigenvalue weighted by Gasteiger charge is 2.06. The van der Waals surface area contributed by atoms with E-state index in [1.807, 2.05) is 31.2 Å². The summed E-state index contributed by atoms with van der Waals surface area (Å²) in [6, 6.07) is 15.1. The predicted molar refractivity (Wildman–Crippen MR) is 86.0 cm³/mol. The molecule has 0 saturated heterocycles. The van der Waals surface area contributed by atoms with Gasteiger partial charge in [-0.1, -0.05) is 25.5 Å². The molecule has 0 aliphatic carbocycles. The van der Waals surface area contributed by atoms with Crippen molar-refractivity contribution in [2.45, 2.75) is 26.7 Å². The van der Waals surface area contributed by atoms with E-state index in [0.29, 0.717) is 12.2 Å². The Labute approximate surface area is 126 Å². The van der Waals surface area contributed by atoms with Gasteiger partial charge in [-0.2, -0.15) is 0 Å². The fraction of sp³-hybridized carbons (Fsp3) is 0.278. The first-order chi connectivity index (χ1) is 10.2. The summed E-state index contributed by atoms with van der Waals surface area (Å²) in [5, 5.41) is 2.90. The zero-order valence-electron chi connectivity index (χ0n) is 12.6. The van der Waals surface area contributed by atoms with E-state index in [1.165, 1.54) is 5.56 Å². The number of amides is 1. The van der Waals surface area contributed by atoms with Crippen LogP contribution >= 0.6 is 0 Å². The number of hydrogen-bond donors (Lipinski definition) is 1. The molecule has 1 amide bonds. The number of nitrogens with one attached hydrogen (secondary N) is 1. The molecule has 110 valence electrons. The van der Waals surface area contributed by atoms with Crippen LogP contribution in [0.2, 0.25) is 0 Å². The molecule has 0 heterocycles. The fourth-order valence-corrected chi connectivity index (χ4v) is 2.12. The average molecular weight is 283 g/mol. The second-order valence-electron chi connectivity index (χ2n) is 4.86. The van der Waals surface area contributed by atoms with E-state index in [-0.39, 0.29) is 5.91 Å². The van der Waals surface area contributed by atoms with Crippen LogP contribution < -0.4 is 10.1 Å². The maximum absolute atomic E-state index is 12.1. The van der Waals surface area contributed by atoms with E-state index in [9.17, 15) is 4.79 Å². The number of aryl methyl sites for hydroxylation is 1. The van der Waals surface area contributed by atoms with Crippen LogP contribution in [0.4, 0.5) is 5.69 Å². The van der Waals surface area contributed by atoms with Crippen molar-refractivity contribution in [2.24, 2.45) is 0 Å². The molecule has 3 heteroatoms. The van der Waals surface area contributed by atoms with Crippen molar-refractivity contribution < 1.29 is 9.53 Å². The van der Waals surface area contributed by atoms with Gasteiger partial charge in [-0.25, -0.2) is 0 Å². The van der Waals surface area contributed by atoms with Crippen molar-refractivity contribution in [1.29, 1.82) is 0 Å². The summed E-state index contributed by atoms with van der Waals surface area (Å²) in [6.07, 6.45) is 2.19. The number of carbonyl (C=O) groups excluding carboxylic acids is 1. The van der Waals surface area contributed by atoms with Gasteiger partial charge in [0.15, 0.2) is 0 Å². The number of hydrogen-bond acceptors (Lipinski definition) is 2. The lowest BCUT2D eigenvalue weighted by molar-refractivity contribution is 0.102. The largest absolute Gasteiger partial charge is 0.494 e. The summed E-state index contributed by atoms with van der Waals surface area (Å²) in [5.41, 5.74) is 2.72. The molecule has 0 aliphatic heterocycles. The number of rotatable bonds is 6. The highest BCUT2D eigenvalue weighted by Crippen LogP contribution is 2.15. The Bertz CT molecular complexity index is 573. The number of carbonyl (C=O) groups is 1. The summed E-state index contributed by atoms with van der Waals surface area (Å²) < 4.78 is 5.36. The molecule has 3 nitrogen and oxygen atoms in total. The van der Waals surface area contributed by atoms with Crippen LogP contribution in [0.3, 0.4) is 0 Å². The summed E-state index contributed by atoms with van der Waals surface area (Å²) >= 11 is 0. The quantitative estimate of drug-likeness (QED) is 0.858. The first-order valence-corrected chi connectivity index (χ1v) is 7.36. The Balaban J connectivity index is 2.00. The summed E-state index contributed by atoms with van der Waals surface area (Å²) in [5.74, 6) is 0.666. The molecule has 2 aromatic rings. The number of benzene rings is 2. The molecule has 2 aromatic carbocycles. The third kappa shape index (κ3) is 4.35. The fourth-order valence-electron chi connectivity index (χ4n) is 2.12. The van der Waals surface area contributed by atoms with Crippen molar-refractivity contribution in [3.8, 4) is 5.75 Å². The van der Waals surface area contributed by atoms with E-state index >= 15 is 0 Å². The van der Waals surface area contributed by atoms with Gasteiger partial charge in [0, 0.05) is 11.3 Å². The van der Waals surface area contributed by atoms with Gasteiger partial charge in [0.05, 0.1) is 6.61 Å². The monoisotopic (exact) mass is 283 g/mol. The van der Waals surface area contributed by atoms with Crippen LogP contribution in [0.1, 0.15) is 36.2 Å². The molecular weight excluding hydrogens is 262 g/mol. The molecule has 2 rings (SSSR count). The highest BCUT2D eigenvalue weighted by molar-refractivity contribution is 6.04. The zero-order chi connectivity index (χ0) is 15.1. The molecule has 0 saturated carbocycles. The highest BCUT2D eigenvalue weighted by atomic mass is 16.5. The summed E-state index contributed by atoms with van der Waals surface area (Å²) in [6.45, 7) is 4.71. The Kier molecular flexibility index (Phi) is 5.38. The molecule has 0 fully saturated rings. The molecule has 0 aliphatic rings. The Morgan fingerprint density at radius 2 is 1.67 bits per heavy atom. The van der Waals surface area contributed by atoms with E-state index in [4.69, 9.17) is 4.74 Å². The van der Waals surface area contributed by atoms with Crippen molar-refractivity contribution >= 4 is 11.6 Å². The van der Waals surface area contributed by atoms with Crippen LogP contribution in [-0.4, -0.2) is 12.5 Å². The van der Waals surface area contributed by atoms with Crippen molar-refractivity contribution in [2.75, 3.05) is 11.9 Å². The van der Waals surface area contributed by atoms with Gasteiger partial charge in [0.2, 0.25) is 0 Å². The van der Waals surface area contributed by atoms with Gasteiger partial charge in [0.1, 0.15) is 5.75 Å². The number of ether oxygens (including phenoxy) is 1. The summed E-state index contributed by atoms with van der Waals surface area (Å²) in [7, 11) is 0. The predicted octanol–water partition coefficient (Wildman–Crippen LogP) is 4.29. The lowest BCUT2D eigenvalue weighted by atomic mass is 10.1. The lowest BCUT2D eigenvalue weighted by Gasteiger charge is -2.07. The molecule has 0 unspecified atom stereocenters. The minimum absolute atomic E-state index is 0.110. The van der Waals surface area contributed by atoms with Gasteiger partial charge < -0.3 is 10.1 Å². The van der Waals surface area contributed by atoms with Crippen LogP contribution in [0.5, 0.6) is 5.75 Å². The van der Waals surface area contributed by atoms with Crippen molar-refractivity contribution in [3.63, 3.8) is 0 Å². The maximum atomic E-state index is 12.1. The SMILES string of the molecule is CCCc1ccc(NC(=O)c2ccc(OCC)cc2)cc1. The van der Waals surface area contributed by atoms with Gasteiger partial charge in [-0.3, -0.25) is 4.79 Å². The van der Waals surface area contributed by atoms with E-state index in [2.05, 4.69) is 24.4 Å². The Morgan fingerprint density at radius 3 is 2.24 bits per heavy atom. The van der Waals surface area contributed by atoms with E-state index < -0.39 is 0 Å². The molecule has 21 heavy (non-hydrogen) atoms. The molecular formula is C18H21NO2. The maximum Gasteiger partial charge on any atom is 0.255 e. The van der Waals surface area contributed by atoms with Gasteiger partial charge >= 0.3 is 0 Å². The van der Waals surface area contributed by atoms with Crippen molar-refractivity contribution in [1.82, 2.24) is 0 Å². The third-order valence-corrected chi connectivity index (χ3v) is 3.18. The molecule has 0 spiro atoms. The molecule has 0 aromatic heterocycles. The average Bonchev–Trinajstić information content (AvgIpc) is 2.50. The lowest BCUT2D eigenvalue weighted by Crippen LogP contribution is -2.11. The van der Waals surface area contributed by atoms with Crippen LogP contribution in [-0.2, 0) is 6.42 Å². The first-order valence-electron chi connectivity index (χ1n) is 7.36. The molecule has 0 radical (unpaired) electrons. The minimum Gasteiger partial charge on any atom is -0.494 e. The number of anilines is 1. The van der Waals surface area contributed by atoms with Crippen LogP contribution in [0.25, 0.3) is 0 Å². The van der Waals surface area contributed by atoms with E-state index in [0.717, 1.165) is 24.3 Å².